The second-order valence-electron chi connectivity index (χ2n) is 5.54. The monoisotopic (exact) mass is 399 g/mol. The van der Waals surface area contributed by atoms with Crippen molar-refractivity contribution in [1.82, 2.24) is 14.9 Å². The SMILES string of the molecule is Cc1noc(C)c1S(=O)(=O)NCCc1csc(-c2c(F)cccc2F)n1. The lowest BCUT2D eigenvalue weighted by atomic mass is 10.2. The molecule has 0 atom stereocenters. The van der Waals surface area contributed by atoms with E-state index < -0.39 is 21.7 Å². The fourth-order valence-electron chi connectivity index (χ4n) is 2.48. The van der Waals surface area contributed by atoms with Crippen molar-refractivity contribution in [1.29, 1.82) is 0 Å². The van der Waals surface area contributed by atoms with Crippen LogP contribution < -0.4 is 4.72 Å². The fourth-order valence-corrected chi connectivity index (χ4v) is 4.74. The summed E-state index contributed by atoms with van der Waals surface area (Å²) in [5.41, 5.74) is 0.634. The highest BCUT2D eigenvalue weighted by Gasteiger charge is 2.23. The van der Waals surface area contributed by atoms with Crippen molar-refractivity contribution in [3.8, 4) is 10.6 Å². The van der Waals surface area contributed by atoms with Gasteiger partial charge in [-0.2, -0.15) is 0 Å². The Labute approximate surface area is 152 Å². The molecular weight excluding hydrogens is 384 g/mol. The van der Waals surface area contributed by atoms with Gasteiger partial charge < -0.3 is 4.52 Å². The minimum atomic E-state index is -3.76. The van der Waals surface area contributed by atoms with E-state index in [2.05, 4.69) is 14.9 Å². The average molecular weight is 399 g/mol. The van der Waals surface area contributed by atoms with Crippen LogP contribution in [0.2, 0.25) is 0 Å². The van der Waals surface area contributed by atoms with Crippen molar-refractivity contribution in [3.05, 3.63) is 52.4 Å². The Hall–Kier alpha value is -2.17. The first-order valence-corrected chi connectivity index (χ1v) is 9.97. The maximum Gasteiger partial charge on any atom is 0.245 e. The number of thiazole rings is 1. The highest BCUT2D eigenvalue weighted by Crippen LogP contribution is 2.29. The Morgan fingerprint density at radius 1 is 1.23 bits per heavy atom. The van der Waals surface area contributed by atoms with Crippen molar-refractivity contribution in [2.24, 2.45) is 0 Å². The van der Waals surface area contributed by atoms with E-state index >= 15 is 0 Å². The Balaban J connectivity index is 1.70. The Morgan fingerprint density at radius 2 is 1.92 bits per heavy atom. The highest BCUT2D eigenvalue weighted by molar-refractivity contribution is 7.89. The van der Waals surface area contributed by atoms with Crippen LogP contribution in [0.5, 0.6) is 0 Å². The van der Waals surface area contributed by atoms with Crippen LogP contribution in [0.3, 0.4) is 0 Å². The minimum Gasteiger partial charge on any atom is -0.360 e. The van der Waals surface area contributed by atoms with Gasteiger partial charge in [-0.25, -0.2) is 26.9 Å². The standard InChI is InChI=1S/C16H15F2N3O3S2/c1-9-15(10(2)24-21-9)26(22,23)19-7-6-11-8-25-16(20-11)14-12(17)4-3-5-13(14)18/h3-5,8,19H,6-7H2,1-2H3. The second-order valence-corrected chi connectivity index (χ2v) is 8.10. The molecule has 0 spiro atoms. The van der Waals surface area contributed by atoms with E-state index in [1.165, 1.54) is 13.0 Å². The largest absolute Gasteiger partial charge is 0.360 e. The zero-order valence-electron chi connectivity index (χ0n) is 13.9. The maximum atomic E-state index is 13.8. The summed E-state index contributed by atoms with van der Waals surface area (Å²) in [4.78, 5) is 4.21. The summed E-state index contributed by atoms with van der Waals surface area (Å²) in [6.07, 6.45) is 0.273. The van der Waals surface area contributed by atoms with Crippen LogP contribution in [0, 0.1) is 25.5 Å². The lowest BCUT2D eigenvalue weighted by Crippen LogP contribution is -2.26. The summed E-state index contributed by atoms with van der Waals surface area (Å²) < 4.78 is 59.6. The summed E-state index contributed by atoms with van der Waals surface area (Å²) in [5.74, 6) is -1.17. The molecule has 1 aromatic carbocycles. The van der Waals surface area contributed by atoms with Crippen LogP contribution in [-0.4, -0.2) is 25.1 Å². The number of hydrogen-bond acceptors (Lipinski definition) is 6. The number of halogens is 2. The molecule has 0 amide bonds. The van der Waals surface area contributed by atoms with Gasteiger partial charge in [0.1, 0.15) is 27.2 Å². The van der Waals surface area contributed by atoms with Crippen molar-refractivity contribution < 1.29 is 21.7 Å². The molecule has 0 bridgehead atoms. The third-order valence-electron chi connectivity index (χ3n) is 3.64. The van der Waals surface area contributed by atoms with Crippen LogP contribution in [0.15, 0.2) is 33.0 Å². The quantitative estimate of drug-likeness (QED) is 0.688. The molecule has 0 radical (unpaired) electrons. The van der Waals surface area contributed by atoms with Gasteiger partial charge >= 0.3 is 0 Å². The first kappa shape index (κ1) is 18.6. The van der Waals surface area contributed by atoms with Crippen molar-refractivity contribution in [3.63, 3.8) is 0 Å². The lowest BCUT2D eigenvalue weighted by molar-refractivity contribution is 0.390. The predicted molar refractivity (Wildman–Crippen MR) is 92.3 cm³/mol. The summed E-state index contributed by atoms with van der Waals surface area (Å²) in [6.45, 7) is 3.14. The Morgan fingerprint density at radius 3 is 2.54 bits per heavy atom. The van der Waals surface area contributed by atoms with Gasteiger partial charge in [0.15, 0.2) is 5.76 Å². The zero-order valence-corrected chi connectivity index (χ0v) is 15.5. The van der Waals surface area contributed by atoms with Crippen LogP contribution in [-0.2, 0) is 16.4 Å². The molecule has 2 aromatic heterocycles. The molecule has 0 saturated carbocycles. The van der Waals surface area contributed by atoms with E-state index in [1.807, 2.05) is 0 Å². The molecule has 26 heavy (non-hydrogen) atoms. The summed E-state index contributed by atoms with van der Waals surface area (Å²) in [7, 11) is -3.76. The molecule has 0 unspecified atom stereocenters. The number of hydrogen-bond donors (Lipinski definition) is 1. The highest BCUT2D eigenvalue weighted by atomic mass is 32.2. The molecule has 138 valence electrons. The normalized spacial score (nSPS) is 11.8. The molecule has 1 N–H and O–H groups in total. The van der Waals surface area contributed by atoms with E-state index in [0.717, 1.165) is 23.5 Å². The second kappa shape index (κ2) is 7.22. The Bertz CT molecular complexity index is 1010. The van der Waals surface area contributed by atoms with Gasteiger partial charge in [0, 0.05) is 18.3 Å². The topological polar surface area (TPSA) is 85.1 Å². The van der Waals surface area contributed by atoms with E-state index in [4.69, 9.17) is 4.52 Å². The van der Waals surface area contributed by atoms with Gasteiger partial charge in [0.05, 0.1) is 11.3 Å². The average Bonchev–Trinajstić information content (AvgIpc) is 3.14. The van der Waals surface area contributed by atoms with Crippen molar-refractivity contribution in [2.75, 3.05) is 6.54 Å². The van der Waals surface area contributed by atoms with Crippen LogP contribution >= 0.6 is 11.3 Å². The summed E-state index contributed by atoms with van der Waals surface area (Å²) in [6, 6.07) is 3.61. The van der Waals surface area contributed by atoms with E-state index in [9.17, 15) is 17.2 Å². The fraction of sp³-hybridized carbons (Fsp3) is 0.250. The third kappa shape index (κ3) is 3.67. The van der Waals surface area contributed by atoms with Gasteiger partial charge in [0.25, 0.3) is 0 Å². The number of rotatable bonds is 6. The van der Waals surface area contributed by atoms with Gasteiger partial charge in [0.2, 0.25) is 10.0 Å². The zero-order chi connectivity index (χ0) is 18.9. The minimum absolute atomic E-state index is 0.0184. The number of aromatic nitrogens is 2. The van der Waals surface area contributed by atoms with Gasteiger partial charge in [-0.1, -0.05) is 11.2 Å². The van der Waals surface area contributed by atoms with Crippen molar-refractivity contribution >= 4 is 21.4 Å². The first-order chi connectivity index (χ1) is 12.3. The van der Waals surface area contributed by atoms with Gasteiger partial charge in [-0.05, 0) is 26.0 Å². The lowest BCUT2D eigenvalue weighted by Gasteiger charge is -2.05. The number of sulfonamides is 1. The summed E-state index contributed by atoms with van der Waals surface area (Å²) >= 11 is 1.10. The third-order valence-corrected chi connectivity index (χ3v) is 6.25. The molecule has 0 fully saturated rings. The van der Waals surface area contributed by atoms with Gasteiger partial charge in [-0.3, -0.25) is 0 Å². The number of benzene rings is 1. The molecule has 0 saturated heterocycles. The molecule has 10 heteroatoms. The molecular formula is C16H15F2N3O3S2. The van der Waals surface area contributed by atoms with E-state index in [0.29, 0.717) is 5.69 Å². The van der Waals surface area contributed by atoms with Gasteiger partial charge in [-0.15, -0.1) is 11.3 Å². The molecule has 0 aliphatic rings. The van der Waals surface area contributed by atoms with Crippen molar-refractivity contribution in [2.45, 2.75) is 25.2 Å². The maximum absolute atomic E-state index is 13.8. The molecule has 0 aliphatic carbocycles. The molecule has 6 nitrogen and oxygen atoms in total. The Kier molecular flexibility index (Phi) is 5.17. The molecule has 3 rings (SSSR count). The molecule has 2 heterocycles. The van der Waals surface area contributed by atoms with Crippen LogP contribution in [0.25, 0.3) is 10.6 Å². The molecule has 0 aliphatic heterocycles. The van der Waals surface area contributed by atoms with Crippen LogP contribution in [0.1, 0.15) is 17.1 Å². The van der Waals surface area contributed by atoms with E-state index in [-0.39, 0.29) is 39.9 Å². The van der Waals surface area contributed by atoms with Crippen LogP contribution in [0.4, 0.5) is 8.78 Å². The predicted octanol–water partition coefficient (Wildman–Crippen LogP) is 3.21. The smallest absolute Gasteiger partial charge is 0.245 e. The summed E-state index contributed by atoms with van der Waals surface area (Å²) in [5, 5.41) is 5.48. The van der Waals surface area contributed by atoms with E-state index in [1.54, 1.807) is 12.3 Å². The number of nitrogens with one attached hydrogen (secondary N) is 1. The molecule has 3 aromatic rings. The number of nitrogens with zero attached hydrogens (tertiary/aromatic N) is 2. The number of aryl methyl sites for hydroxylation is 2. The first-order valence-electron chi connectivity index (χ1n) is 7.61.